The fraction of sp³-hybridized carbons (Fsp3) is 0.846. The van der Waals surface area contributed by atoms with E-state index in [0.29, 0.717) is 5.92 Å². The van der Waals surface area contributed by atoms with Gasteiger partial charge < -0.3 is 15.1 Å². The Hall–Kier alpha value is -1.26. The highest BCUT2D eigenvalue weighted by Crippen LogP contribution is 2.16. The average Bonchev–Trinajstić information content (AvgIpc) is 2.26. The minimum atomic E-state index is -0.106. The van der Waals surface area contributed by atoms with Crippen molar-refractivity contribution in [2.45, 2.75) is 39.7 Å². The molecule has 0 bridgehead atoms. The Bertz CT molecular complexity index is 305. The van der Waals surface area contributed by atoms with Crippen molar-refractivity contribution in [3.8, 4) is 0 Å². The third-order valence-electron chi connectivity index (χ3n) is 3.08. The molecule has 1 rings (SSSR count). The van der Waals surface area contributed by atoms with Crippen LogP contribution >= 0.6 is 0 Å². The second-order valence-electron chi connectivity index (χ2n) is 5.55. The maximum Gasteiger partial charge on any atom is 0.320 e. The number of likely N-dealkylation sites (N-methyl/N-ethyl adjacent to an activating group) is 1. The Kier molecular flexibility index (Phi) is 5.44. The van der Waals surface area contributed by atoms with Crippen LogP contribution in [-0.4, -0.2) is 54.5 Å². The molecule has 1 N–H and O–H groups in total. The van der Waals surface area contributed by atoms with Crippen molar-refractivity contribution in [1.29, 1.82) is 0 Å². The standard InChI is InChI=1S/C13H25N3O2/c1-10(2)14-12(17)9-15(4)13(18)16-7-5-6-11(3)8-16/h10-11H,5-9H2,1-4H3,(H,14,17). The average molecular weight is 255 g/mol. The minimum absolute atomic E-state index is 0.0412. The van der Waals surface area contributed by atoms with Gasteiger partial charge in [0.15, 0.2) is 0 Å². The maximum absolute atomic E-state index is 12.1. The zero-order valence-corrected chi connectivity index (χ0v) is 11.9. The van der Waals surface area contributed by atoms with Crippen LogP contribution < -0.4 is 5.32 Å². The van der Waals surface area contributed by atoms with Gasteiger partial charge >= 0.3 is 6.03 Å². The van der Waals surface area contributed by atoms with Crippen molar-refractivity contribution in [1.82, 2.24) is 15.1 Å². The first-order valence-corrected chi connectivity index (χ1v) is 6.69. The molecular weight excluding hydrogens is 230 g/mol. The lowest BCUT2D eigenvalue weighted by atomic mass is 10.0. The van der Waals surface area contributed by atoms with E-state index >= 15 is 0 Å². The summed E-state index contributed by atoms with van der Waals surface area (Å²) >= 11 is 0. The number of carbonyl (C=O) groups excluding carboxylic acids is 2. The summed E-state index contributed by atoms with van der Waals surface area (Å²) in [6, 6.07) is 0.0662. The van der Waals surface area contributed by atoms with Gasteiger partial charge in [0, 0.05) is 26.2 Å². The molecule has 1 aliphatic rings. The van der Waals surface area contributed by atoms with Crippen LogP contribution in [0.25, 0.3) is 0 Å². The van der Waals surface area contributed by atoms with Crippen LogP contribution in [0.5, 0.6) is 0 Å². The molecule has 1 unspecified atom stereocenters. The molecule has 1 saturated heterocycles. The van der Waals surface area contributed by atoms with Gasteiger partial charge in [-0.2, -0.15) is 0 Å². The summed E-state index contributed by atoms with van der Waals surface area (Å²) in [6.07, 6.45) is 2.24. The SMILES string of the molecule is CC1CCCN(C(=O)N(C)CC(=O)NC(C)C)C1. The van der Waals surface area contributed by atoms with Gasteiger partial charge in [-0.25, -0.2) is 4.79 Å². The third kappa shape index (κ3) is 4.55. The first kappa shape index (κ1) is 14.8. The molecule has 0 aromatic carbocycles. The fourth-order valence-corrected chi connectivity index (χ4v) is 2.26. The number of amides is 3. The number of hydrogen-bond acceptors (Lipinski definition) is 2. The number of carbonyl (C=O) groups is 2. The molecule has 1 atom stereocenters. The molecule has 0 aromatic heterocycles. The van der Waals surface area contributed by atoms with E-state index in [0.717, 1.165) is 19.5 Å². The van der Waals surface area contributed by atoms with Crippen LogP contribution in [0.1, 0.15) is 33.6 Å². The lowest BCUT2D eigenvalue weighted by Gasteiger charge is -2.33. The van der Waals surface area contributed by atoms with Crippen LogP contribution in [-0.2, 0) is 4.79 Å². The molecule has 1 aliphatic heterocycles. The summed E-state index contributed by atoms with van der Waals surface area (Å²) < 4.78 is 0. The molecule has 3 amide bonds. The topological polar surface area (TPSA) is 52.7 Å². The van der Waals surface area contributed by atoms with E-state index in [1.54, 1.807) is 7.05 Å². The van der Waals surface area contributed by atoms with Crippen LogP contribution in [0.2, 0.25) is 0 Å². The monoisotopic (exact) mass is 255 g/mol. The normalized spacial score (nSPS) is 19.8. The number of likely N-dealkylation sites (tertiary alicyclic amines) is 1. The molecule has 5 heteroatoms. The Morgan fingerprint density at radius 2 is 2.11 bits per heavy atom. The van der Waals surface area contributed by atoms with Crippen molar-refractivity contribution < 1.29 is 9.59 Å². The summed E-state index contributed by atoms with van der Waals surface area (Å²) in [6.45, 7) is 7.71. The van der Waals surface area contributed by atoms with E-state index in [4.69, 9.17) is 0 Å². The summed E-state index contributed by atoms with van der Waals surface area (Å²) in [5.74, 6) is 0.450. The van der Waals surface area contributed by atoms with Gasteiger partial charge in [0.25, 0.3) is 0 Å². The van der Waals surface area contributed by atoms with Gasteiger partial charge in [-0.1, -0.05) is 6.92 Å². The fourth-order valence-electron chi connectivity index (χ4n) is 2.26. The van der Waals surface area contributed by atoms with Crippen molar-refractivity contribution in [2.24, 2.45) is 5.92 Å². The number of rotatable bonds is 3. The smallest absolute Gasteiger partial charge is 0.320 e. The van der Waals surface area contributed by atoms with Crippen molar-refractivity contribution >= 4 is 11.9 Å². The molecule has 104 valence electrons. The molecule has 0 saturated carbocycles. The molecule has 1 fully saturated rings. The highest BCUT2D eigenvalue weighted by Gasteiger charge is 2.24. The Labute approximate surface area is 110 Å². The molecule has 0 aromatic rings. The van der Waals surface area contributed by atoms with E-state index in [9.17, 15) is 9.59 Å². The number of piperidine rings is 1. The van der Waals surface area contributed by atoms with Crippen LogP contribution in [0.3, 0.4) is 0 Å². The number of hydrogen-bond donors (Lipinski definition) is 1. The number of nitrogens with one attached hydrogen (secondary N) is 1. The molecule has 0 aliphatic carbocycles. The Morgan fingerprint density at radius 1 is 1.44 bits per heavy atom. The molecule has 0 spiro atoms. The van der Waals surface area contributed by atoms with Crippen molar-refractivity contribution in [3.63, 3.8) is 0 Å². The first-order valence-electron chi connectivity index (χ1n) is 6.69. The zero-order chi connectivity index (χ0) is 13.7. The lowest BCUT2D eigenvalue weighted by Crippen LogP contribution is -2.49. The predicted octanol–water partition coefficient (Wildman–Crippen LogP) is 1.29. The van der Waals surface area contributed by atoms with Gasteiger partial charge in [0.1, 0.15) is 6.54 Å². The van der Waals surface area contributed by atoms with Gasteiger partial charge in [-0.05, 0) is 32.6 Å². The van der Waals surface area contributed by atoms with Crippen molar-refractivity contribution in [3.05, 3.63) is 0 Å². The van der Waals surface area contributed by atoms with Crippen LogP contribution in [0.15, 0.2) is 0 Å². The summed E-state index contributed by atoms with van der Waals surface area (Å²) in [5, 5.41) is 2.79. The van der Waals surface area contributed by atoms with E-state index in [2.05, 4.69) is 12.2 Å². The molecule has 5 nitrogen and oxygen atoms in total. The second-order valence-corrected chi connectivity index (χ2v) is 5.55. The van der Waals surface area contributed by atoms with Gasteiger partial charge in [0.05, 0.1) is 0 Å². The minimum Gasteiger partial charge on any atom is -0.352 e. The van der Waals surface area contributed by atoms with Gasteiger partial charge in [-0.3, -0.25) is 4.79 Å². The Balaban J connectivity index is 2.43. The summed E-state index contributed by atoms with van der Waals surface area (Å²) in [5.41, 5.74) is 0. The van der Waals surface area contributed by atoms with E-state index in [-0.39, 0.29) is 24.5 Å². The second kappa shape index (κ2) is 6.61. The number of nitrogens with zero attached hydrogens (tertiary/aromatic N) is 2. The van der Waals surface area contributed by atoms with Crippen LogP contribution in [0, 0.1) is 5.92 Å². The predicted molar refractivity (Wildman–Crippen MR) is 71.3 cm³/mol. The highest BCUT2D eigenvalue weighted by molar-refractivity contribution is 5.84. The van der Waals surface area contributed by atoms with E-state index < -0.39 is 0 Å². The molecular formula is C13H25N3O2. The summed E-state index contributed by atoms with van der Waals surface area (Å²) in [4.78, 5) is 27.1. The zero-order valence-electron chi connectivity index (χ0n) is 11.9. The summed E-state index contributed by atoms with van der Waals surface area (Å²) in [7, 11) is 1.68. The highest BCUT2D eigenvalue weighted by atomic mass is 16.2. The van der Waals surface area contributed by atoms with Gasteiger partial charge in [-0.15, -0.1) is 0 Å². The quantitative estimate of drug-likeness (QED) is 0.826. The molecule has 0 radical (unpaired) electrons. The van der Waals surface area contributed by atoms with E-state index in [1.807, 2.05) is 18.7 Å². The van der Waals surface area contributed by atoms with Crippen molar-refractivity contribution in [2.75, 3.05) is 26.7 Å². The lowest BCUT2D eigenvalue weighted by molar-refractivity contribution is -0.122. The third-order valence-corrected chi connectivity index (χ3v) is 3.08. The molecule has 1 heterocycles. The molecule has 18 heavy (non-hydrogen) atoms. The maximum atomic E-state index is 12.1. The van der Waals surface area contributed by atoms with Crippen LogP contribution in [0.4, 0.5) is 4.79 Å². The number of urea groups is 1. The Morgan fingerprint density at radius 3 is 2.67 bits per heavy atom. The van der Waals surface area contributed by atoms with Gasteiger partial charge in [0.2, 0.25) is 5.91 Å². The largest absolute Gasteiger partial charge is 0.352 e. The van der Waals surface area contributed by atoms with E-state index in [1.165, 1.54) is 11.3 Å². The first-order chi connectivity index (χ1) is 8.40.